The molecule has 0 aliphatic heterocycles. The number of sulfonamides is 1. The monoisotopic (exact) mass is 305 g/mol. The summed E-state index contributed by atoms with van der Waals surface area (Å²) >= 11 is 0. The predicted octanol–water partition coefficient (Wildman–Crippen LogP) is 1.62. The van der Waals surface area contributed by atoms with Crippen LogP contribution in [0.1, 0.15) is 24.2 Å². The molecule has 1 aromatic heterocycles. The van der Waals surface area contributed by atoms with E-state index in [0.717, 1.165) is 24.2 Å². The van der Waals surface area contributed by atoms with E-state index in [2.05, 4.69) is 10.3 Å². The quantitative estimate of drug-likeness (QED) is 0.849. The highest BCUT2D eigenvalue weighted by Gasteiger charge is 2.11. The predicted molar refractivity (Wildman–Crippen MR) is 82.2 cm³/mol. The van der Waals surface area contributed by atoms with Crippen LogP contribution in [0.25, 0.3) is 0 Å². The van der Waals surface area contributed by atoms with Crippen molar-refractivity contribution in [2.75, 3.05) is 6.54 Å². The lowest BCUT2D eigenvalue weighted by Crippen LogP contribution is -2.22. The molecule has 21 heavy (non-hydrogen) atoms. The fraction of sp³-hybridized carbons (Fsp3) is 0.267. The van der Waals surface area contributed by atoms with E-state index in [4.69, 9.17) is 5.14 Å². The Bertz CT molecular complexity index is 687. The van der Waals surface area contributed by atoms with Gasteiger partial charge in [-0.05, 0) is 36.8 Å². The van der Waals surface area contributed by atoms with Crippen LogP contribution in [0.15, 0.2) is 53.6 Å². The summed E-state index contributed by atoms with van der Waals surface area (Å²) in [4.78, 5) is 4.40. The van der Waals surface area contributed by atoms with Crippen LogP contribution in [0.2, 0.25) is 0 Å². The number of nitrogens with two attached hydrogens (primary N) is 1. The molecule has 1 aromatic carbocycles. The Labute approximate surface area is 125 Å². The number of hydrogen-bond donors (Lipinski definition) is 2. The number of aromatic nitrogens is 1. The van der Waals surface area contributed by atoms with Crippen molar-refractivity contribution in [2.24, 2.45) is 5.14 Å². The van der Waals surface area contributed by atoms with Gasteiger partial charge in [-0.1, -0.05) is 18.2 Å². The molecule has 0 amide bonds. The molecule has 1 heterocycles. The minimum absolute atomic E-state index is 0.0374. The normalized spacial score (nSPS) is 13.0. The Morgan fingerprint density at radius 2 is 2.05 bits per heavy atom. The zero-order valence-corrected chi connectivity index (χ0v) is 12.7. The number of benzene rings is 1. The van der Waals surface area contributed by atoms with Gasteiger partial charge in [0.15, 0.2) is 0 Å². The molecule has 0 fully saturated rings. The van der Waals surface area contributed by atoms with Crippen LogP contribution < -0.4 is 10.5 Å². The maximum Gasteiger partial charge on any atom is 0.238 e. The van der Waals surface area contributed by atoms with E-state index in [9.17, 15) is 8.42 Å². The summed E-state index contributed by atoms with van der Waals surface area (Å²) in [7, 11) is -3.66. The van der Waals surface area contributed by atoms with Crippen molar-refractivity contribution in [1.29, 1.82) is 0 Å². The minimum atomic E-state index is -3.66. The van der Waals surface area contributed by atoms with Gasteiger partial charge in [-0.25, -0.2) is 13.6 Å². The fourth-order valence-corrected chi connectivity index (χ4v) is 2.61. The van der Waals surface area contributed by atoms with Gasteiger partial charge < -0.3 is 5.32 Å². The molecule has 0 bridgehead atoms. The number of nitrogens with one attached hydrogen (secondary N) is 1. The van der Waals surface area contributed by atoms with Gasteiger partial charge in [0.05, 0.1) is 4.90 Å². The smallest absolute Gasteiger partial charge is 0.238 e. The number of hydrogen-bond acceptors (Lipinski definition) is 4. The summed E-state index contributed by atoms with van der Waals surface area (Å²) in [6, 6.07) is 12.6. The molecule has 1 atom stereocenters. The van der Waals surface area contributed by atoms with E-state index in [1.54, 1.807) is 18.3 Å². The molecule has 3 N–H and O–H groups in total. The van der Waals surface area contributed by atoms with E-state index in [1.165, 1.54) is 6.07 Å². The Hall–Kier alpha value is -1.76. The average molecular weight is 305 g/mol. The molecule has 2 aromatic rings. The second-order valence-electron chi connectivity index (χ2n) is 4.86. The Balaban J connectivity index is 1.96. The highest BCUT2D eigenvalue weighted by molar-refractivity contribution is 7.89. The van der Waals surface area contributed by atoms with E-state index in [-0.39, 0.29) is 10.9 Å². The van der Waals surface area contributed by atoms with Gasteiger partial charge in [0.25, 0.3) is 0 Å². The van der Waals surface area contributed by atoms with E-state index in [1.807, 2.05) is 31.2 Å². The van der Waals surface area contributed by atoms with Gasteiger partial charge in [-0.3, -0.25) is 4.98 Å². The highest BCUT2D eigenvalue weighted by atomic mass is 32.2. The maximum atomic E-state index is 11.4. The molecule has 1 unspecified atom stereocenters. The van der Waals surface area contributed by atoms with Gasteiger partial charge in [0, 0.05) is 30.9 Å². The van der Waals surface area contributed by atoms with Crippen molar-refractivity contribution < 1.29 is 8.42 Å². The lowest BCUT2D eigenvalue weighted by atomic mass is 10.1. The summed E-state index contributed by atoms with van der Waals surface area (Å²) in [5.41, 5.74) is 1.91. The third-order valence-corrected chi connectivity index (χ3v) is 4.16. The molecule has 0 aliphatic rings. The van der Waals surface area contributed by atoms with Gasteiger partial charge in [-0.15, -0.1) is 0 Å². The fourth-order valence-electron chi connectivity index (χ4n) is 2.04. The first-order valence-corrected chi connectivity index (χ1v) is 8.27. The molecule has 6 heteroatoms. The molecule has 0 saturated carbocycles. The molecule has 5 nitrogen and oxygen atoms in total. The summed E-state index contributed by atoms with van der Waals surface area (Å²) in [5, 5.41) is 8.50. The molecule has 0 spiro atoms. The zero-order chi connectivity index (χ0) is 15.3. The molecule has 2 rings (SSSR count). The number of nitrogens with zero attached hydrogens (tertiary/aromatic N) is 1. The standard InChI is InChI=1S/C15H19N3O2S/c1-12(17-10-8-14-6-2-3-9-18-14)13-5-4-7-15(11-13)21(16,19)20/h2-7,9,11-12,17H,8,10H2,1H3,(H2,16,19,20). The SMILES string of the molecule is CC(NCCc1ccccn1)c1cccc(S(N)(=O)=O)c1. The minimum Gasteiger partial charge on any atom is -0.310 e. The van der Waals surface area contributed by atoms with Crippen LogP contribution in [0.4, 0.5) is 0 Å². The van der Waals surface area contributed by atoms with Gasteiger partial charge >= 0.3 is 0 Å². The molecule has 0 saturated heterocycles. The third-order valence-electron chi connectivity index (χ3n) is 3.24. The van der Waals surface area contributed by atoms with Gasteiger partial charge in [0.1, 0.15) is 0 Å². The second kappa shape index (κ2) is 6.80. The number of rotatable bonds is 6. The molecule has 0 aliphatic carbocycles. The van der Waals surface area contributed by atoms with Crippen molar-refractivity contribution in [3.63, 3.8) is 0 Å². The number of pyridine rings is 1. The summed E-state index contributed by atoms with van der Waals surface area (Å²) in [6.45, 7) is 2.75. The lowest BCUT2D eigenvalue weighted by molar-refractivity contribution is 0.571. The first-order valence-electron chi connectivity index (χ1n) is 6.73. The first-order chi connectivity index (χ1) is 9.97. The van der Waals surface area contributed by atoms with Crippen molar-refractivity contribution in [2.45, 2.75) is 24.3 Å². The molecular weight excluding hydrogens is 286 g/mol. The van der Waals surface area contributed by atoms with Crippen molar-refractivity contribution in [3.8, 4) is 0 Å². The first kappa shape index (κ1) is 15.6. The van der Waals surface area contributed by atoms with Crippen molar-refractivity contribution >= 4 is 10.0 Å². The second-order valence-corrected chi connectivity index (χ2v) is 6.43. The van der Waals surface area contributed by atoms with Crippen LogP contribution >= 0.6 is 0 Å². The molecule has 0 radical (unpaired) electrons. The highest BCUT2D eigenvalue weighted by Crippen LogP contribution is 2.16. The van der Waals surface area contributed by atoms with Gasteiger partial charge in [-0.2, -0.15) is 0 Å². The topological polar surface area (TPSA) is 85.1 Å². The Kier molecular flexibility index (Phi) is 5.06. The van der Waals surface area contributed by atoms with E-state index in [0.29, 0.717) is 0 Å². The molecular formula is C15H19N3O2S. The Morgan fingerprint density at radius 1 is 1.24 bits per heavy atom. The van der Waals surface area contributed by atoms with Crippen LogP contribution in [0.5, 0.6) is 0 Å². The maximum absolute atomic E-state index is 11.4. The van der Waals surface area contributed by atoms with Crippen molar-refractivity contribution in [1.82, 2.24) is 10.3 Å². The van der Waals surface area contributed by atoms with E-state index >= 15 is 0 Å². The van der Waals surface area contributed by atoms with Crippen LogP contribution in [-0.2, 0) is 16.4 Å². The van der Waals surface area contributed by atoms with Crippen molar-refractivity contribution in [3.05, 3.63) is 59.9 Å². The largest absolute Gasteiger partial charge is 0.310 e. The lowest BCUT2D eigenvalue weighted by Gasteiger charge is -2.14. The van der Waals surface area contributed by atoms with Gasteiger partial charge in [0.2, 0.25) is 10.0 Å². The molecule has 112 valence electrons. The number of primary sulfonamides is 1. The summed E-state index contributed by atoms with van der Waals surface area (Å²) < 4.78 is 22.7. The summed E-state index contributed by atoms with van der Waals surface area (Å²) in [6.07, 6.45) is 2.59. The van der Waals surface area contributed by atoms with Crippen LogP contribution in [0.3, 0.4) is 0 Å². The van der Waals surface area contributed by atoms with Crippen LogP contribution in [-0.4, -0.2) is 19.9 Å². The third kappa shape index (κ3) is 4.63. The van der Waals surface area contributed by atoms with Crippen LogP contribution in [0, 0.1) is 0 Å². The Morgan fingerprint density at radius 3 is 2.71 bits per heavy atom. The summed E-state index contributed by atoms with van der Waals surface area (Å²) in [5.74, 6) is 0. The van der Waals surface area contributed by atoms with E-state index < -0.39 is 10.0 Å². The zero-order valence-electron chi connectivity index (χ0n) is 11.9. The average Bonchev–Trinajstić information content (AvgIpc) is 2.47.